The third-order valence-corrected chi connectivity index (χ3v) is 5.13. The predicted molar refractivity (Wildman–Crippen MR) is 101 cm³/mol. The van der Waals surface area contributed by atoms with Crippen LogP contribution in [0, 0.1) is 6.92 Å². The maximum atomic E-state index is 12.7. The molecule has 0 spiro atoms. The molecule has 1 aliphatic heterocycles. The van der Waals surface area contributed by atoms with Gasteiger partial charge >= 0.3 is 5.69 Å². The number of benzene rings is 1. The second kappa shape index (κ2) is 6.86. The van der Waals surface area contributed by atoms with Crippen LogP contribution >= 0.6 is 0 Å². The van der Waals surface area contributed by atoms with Crippen molar-refractivity contribution in [3.63, 3.8) is 0 Å². The molecule has 0 aliphatic carbocycles. The Morgan fingerprint density at radius 1 is 1.30 bits per heavy atom. The number of fused-ring (bicyclic) bond motifs is 1. The van der Waals surface area contributed by atoms with Gasteiger partial charge in [-0.1, -0.05) is 12.1 Å². The minimum atomic E-state index is -0.575. The van der Waals surface area contributed by atoms with Gasteiger partial charge < -0.3 is 14.9 Å². The van der Waals surface area contributed by atoms with Crippen LogP contribution < -0.4 is 11.2 Å². The highest BCUT2D eigenvalue weighted by molar-refractivity contribution is 5.79. The van der Waals surface area contributed by atoms with Crippen molar-refractivity contribution < 1.29 is 4.79 Å². The molecule has 0 unspecified atom stereocenters. The molecule has 1 aromatic carbocycles. The van der Waals surface area contributed by atoms with Crippen LogP contribution in [0.5, 0.6) is 0 Å². The van der Waals surface area contributed by atoms with Gasteiger partial charge in [-0.3, -0.25) is 14.6 Å². The number of nitrogens with zero attached hydrogens (tertiary/aromatic N) is 2. The molecule has 3 heterocycles. The van der Waals surface area contributed by atoms with Gasteiger partial charge in [-0.15, -0.1) is 0 Å². The number of hydrogen-bond donors (Lipinski definition) is 3. The van der Waals surface area contributed by atoms with Gasteiger partial charge in [0.15, 0.2) is 0 Å². The van der Waals surface area contributed by atoms with Crippen molar-refractivity contribution in [1.29, 1.82) is 0 Å². The summed E-state index contributed by atoms with van der Waals surface area (Å²) in [7, 11) is 0. The summed E-state index contributed by atoms with van der Waals surface area (Å²) in [5, 5.41) is 0. The molecule has 8 nitrogen and oxygen atoms in total. The van der Waals surface area contributed by atoms with Crippen molar-refractivity contribution in [3.8, 4) is 0 Å². The second-order valence-corrected chi connectivity index (χ2v) is 7.05. The van der Waals surface area contributed by atoms with Gasteiger partial charge in [-0.05, 0) is 31.4 Å². The number of piperidine rings is 1. The summed E-state index contributed by atoms with van der Waals surface area (Å²) < 4.78 is 0. The van der Waals surface area contributed by atoms with Crippen molar-refractivity contribution >= 4 is 16.9 Å². The number of H-pyrrole nitrogens is 3. The molecular formula is C19H21N5O3. The van der Waals surface area contributed by atoms with E-state index < -0.39 is 11.2 Å². The van der Waals surface area contributed by atoms with E-state index in [0.717, 1.165) is 35.3 Å². The first-order valence-electron chi connectivity index (χ1n) is 9.05. The summed E-state index contributed by atoms with van der Waals surface area (Å²) in [6.07, 6.45) is 3.12. The minimum absolute atomic E-state index is 0.0297. The summed E-state index contributed by atoms with van der Waals surface area (Å²) in [6.45, 7) is 3.26. The fourth-order valence-electron chi connectivity index (χ4n) is 3.66. The molecule has 27 heavy (non-hydrogen) atoms. The van der Waals surface area contributed by atoms with Crippen molar-refractivity contribution in [1.82, 2.24) is 24.8 Å². The highest BCUT2D eigenvalue weighted by Gasteiger charge is 2.27. The molecule has 4 rings (SSSR count). The highest BCUT2D eigenvalue weighted by Crippen LogP contribution is 2.27. The number of aromatic nitrogens is 4. The Morgan fingerprint density at radius 3 is 2.93 bits per heavy atom. The third-order valence-electron chi connectivity index (χ3n) is 5.13. The van der Waals surface area contributed by atoms with Crippen LogP contribution in [0.4, 0.5) is 0 Å². The number of nitrogens with one attached hydrogen (secondary N) is 3. The van der Waals surface area contributed by atoms with Crippen molar-refractivity contribution in [3.05, 3.63) is 62.2 Å². The number of rotatable bonds is 3. The molecule has 1 aliphatic rings. The Bertz CT molecular complexity index is 1110. The summed E-state index contributed by atoms with van der Waals surface area (Å²) >= 11 is 0. The average molecular weight is 367 g/mol. The number of carbonyl (C=O) groups is 1. The number of likely N-dealkylation sites (tertiary alicyclic amines) is 1. The second-order valence-electron chi connectivity index (χ2n) is 7.05. The summed E-state index contributed by atoms with van der Waals surface area (Å²) in [5.41, 5.74) is 2.27. The van der Waals surface area contributed by atoms with Crippen LogP contribution in [0.25, 0.3) is 11.0 Å². The summed E-state index contributed by atoms with van der Waals surface area (Å²) in [6, 6.07) is 6.04. The third kappa shape index (κ3) is 3.42. The number of carbonyl (C=O) groups excluding carboxylic acids is 1. The van der Waals surface area contributed by atoms with Gasteiger partial charge in [0, 0.05) is 30.8 Å². The van der Waals surface area contributed by atoms with E-state index in [-0.39, 0.29) is 23.8 Å². The molecule has 0 bridgehead atoms. The van der Waals surface area contributed by atoms with E-state index >= 15 is 0 Å². The molecule has 1 saturated heterocycles. The zero-order chi connectivity index (χ0) is 19.0. The summed E-state index contributed by atoms with van der Waals surface area (Å²) in [5.74, 6) is 0.923. The normalized spacial score (nSPS) is 17.4. The monoisotopic (exact) mass is 367 g/mol. The zero-order valence-corrected chi connectivity index (χ0v) is 15.0. The molecule has 2 aromatic heterocycles. The number of para-hydroxylation sites is 1. The lowest BCUT2D eigenvalue weighted by Gasteiger charge is -2.31. The molecular weight excluding hydrogens is 346 g/mol. The van der Waals surface area contributed by atoms with Crippen LogP contribution in [-0.2, 0) is 11.2 Å². The Balaban J connectivity index is 1.51. The Morgan fingerprint density at radius 2 is 2.15 bits per heavy atom. The lowest BCUT2D eigenvalue weighted by Crippen LogP contribution is -2.41. The Kier molecular flexibility index (Phi) is 4.39. The van der Waals surface area contributed by atoms with E-state index in [4.69, 9.17) is 4.98 Å². The maximum absolute atomic E-state index is 12.7. The van der Waals surface area contributed by atoms with Crippen LogP contribution in [0.3, 0.4) is 0 Å². The van der Waals surface area contributed by atoms with Crippen molar-refractivity contribution in [2.75, 3.05) is 13.1 Å². The molecule has 1 fully saturated rings. The first-order chi connectivity index (χ1) is 13.0. The lowest BCUT2D eigenvalue weighted by molar-refractivity contribution is -0.131. The van der Waals surface area contributed by atoms with Gasteiger partial charge in [-0.25, -0.2) is 9.78 Å². The molecule has 140 valence electrons. The average Bonchev–Trinajstić information content (AvgIpc) is 3.10. The molecule has 8 heteroatoms. The largest absolute Gasteiger partial charge is 0.342 e. The molecule has 0 saturated carbocycles. The van der Waals surface area contributed by atoms with E-state index in [0.29, 0.717) is 13.1 Å². The van der Waals surface area contributed by atoms with Gasteiger partial charge in [0.2, 0.25) is 5.91 Å². The first-order valence-corrected chi connectivity index (χ1v) is 9.05. The van der Waals surface area contributed by atoms with Gasteiger partial charge in [0.05, 0.1) is 17.5 Å². The Hall–Kier alpha value is -3.16. The topological polar surface area (TPSA) is 115 Å². The number of aryl methyl sites for hydroxylation is 1. The van der Waals surface area contributed by atoms with Crippen molar-refractivity contribution in [2.45, 2.75) is 32.1 Å². The number of amides is 1. The Labute approximate surface area is 154 Å². The standard InChI is InChI=1S/C19H21N5O3/c1-11-4-2-6-14-16(11)22-17(21-14)12-5-3-7-24(10-12)15(25)8-13-9-20-19(27)23-18(13)26/h2,4,6,9,12H,3,5,7-8,10H2,1H3,(H,21,22)(H2,20,23,26,27)/t12-/m1/s1. The van der Waals surface area contributed by atoms with Crippen LogP contribution in [0.1, 0.15) is 35.7 Å². The number of hydrogen-bond acceptors (Lipinski definition) is 4. The maximum Gasteiger partial charge on any atom is 0.325 e. The minimum Gasteiger partial charge on any atom is -0.342 e. The zero-order valence-electron chi connectivity index (χ0n) is 15.0. The van der Waals surface area contributed by atoms with E-state index in [2.05, 4.69) is 15.0 Å². The van der Waals surface area contributed by atoms with Gasteiger partial charge in [0.1, 0.15) is 5.82 Å². The van der Waals surface area contributed by atoms with E-state index in [1.165, 1.54) is 6.20 Å². The highest BCUT2D eigenvalue weighted by atomic mass is 16.2. The fourth-order valence-corrected chi connectivity index (χ4v) is 3.66. The molecule has 3 N–H and O–H groups in total. The van der Waals surface area contributed by atoms with Crippen LogP contribution in [-0.4, -0.2) is 43.8 Å². The SMILES string of the molecule is Cc1cccc2[nH]c([C@@H]3CCCN(C(=O)Cc4c[nH]c(=O)[nH]c4=O)C3)nc12. The van der Waals surface area contributed by atoms with Gasteiger partial charge in [0.25, 0.3) is 5.56 Å². The van der Waals surface area contributed by atoms with Gasteiger partial charge in [-0.2, -0.15) is 0 Å². The van der Waals surface area contributed by atoms with Crippen molar-refractivity contribution in [2.24, 2.45) is 0 Å². The number of aromatic amines is 3. The quantitative estimate of drug-likeness (QED) is 0.645. The van der Waals surface area contributed by atoms with E-state index in [1.807, 2.05) is 25.1 Å². The fraction of sp³-hybridized carbons (Fsp3) is 0.368. The molecule has 1 atom stereocenters. The molecule has 0 radical (unpaired) electrons. The summed E-state index contributed by atoms with van der Waals surface area (Å²) in [4.78, 5) is 50.1. The van der Waals surface area contributed by atoms with E-state index in [1.54, 1.807) is 4.90 Å². The van der Waals surface area contributed by atoms with Crippen LogP contribution in [0.15, 0.2) is 34.0 Å². The lowest BCUT2D eigenvalue weighted by atomic mass is 9.97. The van der Waals surface area contributed by atoms with Crippen LogP contribution in [0.2, 0.25) is 0 Å². The first kappa shape index (κ1) is 17.3. The smallest absolute Gasteiger partial charge is 0.325 e. The molecule has 3 aromatic rings. The predicted octanol–water partition coefficient (Wildman–Crippen LogP) is 1.20. The molecule has 1 amide bonds. The number of imidazole rings is 1. The van der Waals surface area contributed by atoms with E-state index in [9.17, 15) is 14.4 Å².